The van der Waals surface area contributed by atoms with Crippen LogP contribution in [0.3, 0.4) is 0 Å². The fourth-order valence-corrected chi connectivity index (χ4v) is 3.77. The van der Waals surface area contributed by atoms with E-state index >= 15 is 0 Å². The normalized spacial score (nSPS) is 16.4. The number of likely N-dealkylation sites (tertiary alicyclic amines) is 1. The number of ether oxygens (including phenoxy) is 1. The molecular formula is C22H34N6O. The molecule has 2 heterocycles. The molecule has 2 aromatic rings. The number of piperidine rings is 1. The van der Waals surface area contributed by atoms with Gasteiger partial charge in [-0.25, -0.2) is 4.99 Å². The summed E-state index contributed by atoms with van der Waals surface area (Å²) in [5.74, 6) is 1.73. The van der Waals surface area contributed by atoms with Gasteiger partial charge in [0.1, 0.15) is 5.75 Å². The van der Waals surface area contributed by atoms with Crippen molar-refractivity contribution in [3.63, 3.8) is 0 Å². The fraction of sp³-hybridized carbons (Fsp3) is 0.545. The number of rotatable bonds is 8. The summed E-state index contributed by atoms with van der Waals surface area (Å²) >= 11 is 0. The van der Waals surface area contributed by atoms with Crippen molar-refractivity contribution in [3.05, 3.63) is 47.8 Å². The van der Waals surface area contributed by atoms with Crippen LogP contribution in [0.1, 0.15) is 43.5 Å². The molecular weight excluding hydrogens is 364 g/mol. The summed E-state index contributed by atoms with van der Waals surface area (Å²) in [5.41, 5.74) is 2.40. The molecule has 1 atom stereocenters. The van der Waals surface area contributed by atoms with Gasteiger partial charge in [0.15, 0.2) is 5.96 Å². The van der Waals surface area contributed by atoms with Crippen molar-refractivity contribution in [3.8, 4) is 5.75 Å². The van der Waals surface area contributed by atoms with Gasteiger partial charge in [-0.3, -0.25) is 9.58 Å². The molecule has 1 aromatic carbocycles. The van der Waals surface area contributed by atoms with Gasteiger partial charge in [0.05, 0.1) is 25.4 Å². The number of benzene rings is 1. The Morgan fingerprint density at radius 2 is 1.90 bits per heavy atom. The maximum Gasteiger partial charge on any atom is 0.191 e. The first-order valence-electron chi connectivity index (χ1n) is 10.6. The average molecular weight is 399 g/mol. The van der Waals surface area contributed by atoms with Crippen LogP contribution in [0.15, 0.2) is 41.5 Å². The Kier molecular flexibility index (Phi) is 7.93. The van der Waals surface area contributed by atoms with Crippen LogP contribution >= 0.6 is 0 Å². The number of nitrogens with zero attached hydrogens (tertiary/aromatic N) is 4. The van der Waals surface area contributed by atoms with E-state index in [1.807, 2.05) is 29.9 Å². The number of aliphatic imine (C=N–C) groups is 1. The lowest BCUT2D eigenvalue weighted by Gasteiger charge is -2.35. The molecule has 1 aliphatic rings. The minimum atomic E-state index is 0.307. The predicted molar refractivity (Wildman–Crippen MR) is 117 cm³/mol. The molecule has 158 valence electrons. The zero-order valence-corrected chi connectivity index (χ0v) is 17.9. The first-order valence-corrected chi connectivity index (χ1v) is 10.6. The Labute approximate surface area is 174 Å². The van der Waals surface area contributed by atoms with E-state index in [1.54, 1.807) is 13.3 Å². The van der Waals surface area contributed by atoms with Crippen LogP contribution in [0.4, 0.5) is 0 Å². The van der Waals surface area contributed by atoms with Crippen molar-refractivity contribution >= 4 is 5.96 Å². The van der Waals surface area contributed by atoms with E-state index in [0.717, 1.165) is 43.6 Å². The molecule has 29 heavy (non-hydrogen) atoms. The molecule has 7 nitrogen and oxygen atoms in total. The van der Waals surface area contributed by atoms with Crippen LogP contribution < -0.4 is 15.4 Å². The van der Waals surface area contributed by atoms with E-state index in [0.29, 0.717) is 12.6 Å². The Balaban J connectivity index is 1.71. The van der Waals surface area contributed by atoms with Gasteiger partial charge in [0, 0.05) is 26.3 Å². The number of aromatic nitrogens is 2. The molecule has 0 amide bonds. The third kappa shape index (κ3) is 5.97. The minimum absolute atomic E-state index is 0.307. The summed E-state index contributed by atoms with van der Waals surface area (Å²) in [4.78, 5) is 7.34. The molecule has 1 aromatic heterocycles. The van der Waals surface area contributed by atoms with E-state index in [4.69, 9.17) is 9.73 Å². The van der Waals surface area contributed by atoms with Gasteiger partial charge in [-0.05, 0) is 56.6 Å². The van der Waals surface area contributed by atoms with Crippen molar-refractivity contribution in [2.24, 2.45) is 12.0 Å². The third-order valence-electron chi connectivity index (χ3n) is 5.46. The van der Waals surface area contributed by atoms with Crippen LogP contribution in [-0.4, -0.2) is 53.9 Å². The van der Waals surface area contributed by atoms with E-state index in [9.17, 15) is 0 Å². The molecule has 0 aliphatic carbocycles. The number of nitrogens with one attached hydrogen (secondary N) is 2. The molecule has 0 bridgehead atoms. The Bertz CT molecular complexity index is 764. The van der Waals surface area contributed by atoms with Crippen LogP contribution in [0.5, 0.6) is 5.75 Å². The standard InChI is InChI=1S/C22H34N6O/c1-4-23-22(24-16-19-12-13-26-27(19)2)25-17-21(28-14-6-5-7-15-28)18-8-10-20(29-3)11-9-18/h8-13,21H,4-7,14-17H2,1-3H3,(H2,23,24,25). The molecule has 0 radical (unpaired) electrons. The van der Waals surface area contributed by atoms with Gasteiger partial charge in [-0.2, -0.15) is 5.10 Å². The smallest absolute Gasteiger partial charge is 0.191 e. The summed E-state index contributed by atoms with van der Waals surface area (Å²) in [6.45, 7) is 6.61. The molecule has 2 N–H and O–H groups in total. The summed E-state index contributed by atoms with van der Waals surface area (Å²) < 4.78 is 7.20. The number of methoxy groups -OCH3 is 1. The van der Waals surface area contributed by atoms with E-state index in [1.165, 1.54) is 24.8 Å². The van der Waals surface area contributed by atoms with Crippen molar-refractivity contribution in [2.75, 3.05) is 33.3 Å². The fourth-order valence-electron chi connectivity index (χ4n) is 3.77. The third-order valence-corrected chi connectivity index (χ3v) is 5.46. The summed E-state index contributed by atoms with van der Waals surface area (Å²) in [6, 6.07) is 10.8. The zero-order chi connectivity index (χ0) is 20.5. The molecule has 1 saturated heterocycles. The maximum atomic E-state index is 5.34. The molecule has 3 rings (SSSR count). The van der Waals surface area contributed by atoms with Crippen LogP contribution in [0, 0.1) is 0 Å². The van der Waals surface area contributed by atoms with Crippen LogP contribution in [0.25, 0.3) is 0 Å². The van der Waals surface area contributed by atoms with E-state index < -0.39 is 0 Å². The number of aryl methyl sites for hydroxylation is 1. The Morgan fingerprint density at radius 3 is 2.52 bits per heavy atom. The molecule has 1 aliphatic heterocycles. The lowest BCUT2D eigenvalue weighted by Crippen LogP contribution is -2.44. The average Bonchev–Trinajstić information content (AvgIpc) is 3.18. The van der Waals surface area contributed by atoms with Crippen LogP contribution in [0.2, 0.25) is 0 Å². The highest BCUT2D eigenvalue weighted by Gasteiger charge is 2.22. The topological polar surface area (TPSA) is 66.7 Å². The molecule has 7 heteroatoms. The Hall–Kier alpha value is -2.54. The maximum absolute atomic E-state index is 5.34. The second-order valence-electron chi connectivity index (χ2n) is 7.41. The van der Waals surface area contributed by atoms with Crippen molar-refractivity contribution in [1.82, 2.24) is 25.3 Å². The number of hydrogen-bond donors (Lipinski definition) is 2. The van der Waals surface area contributed by atoms with Gasteiger partial charge in [-0.15, -0.1) is 0 Å². The molecule has 0 saturated carbocycles. The quantitative estimate of drug-likeness (QED) is 0.529. The van der Waals surface area contributed by atoms with E-state index in [-0.39, 0.29) is 0 Å². The largest absolute Gasteiger partial charge is 0.497 e. The van der Waals surface area contributed by atoms with Crippen molar-refractivity contribution < 1.29 is 4.74 Å². The molecule has 1 fully saturated rings. The first kappa shape index (κ1) is 21.2. The minimum Gasteiger partial charge on any atom is -0.497 e. The van der Waals surface area contributed by atoms with Gasteiger partial charge in [-0.1, -0.05) is 18.6 Å². The van der Waals surface area contributed by atoms with Gasteiger partial charge in [0.2, 0.25) is 0 Å². The summed E-state index contributed by atoms with van der Waals surface area (Å²) in [7, 11) is 3.65. The van der Waals surface area contributed by atoms with Gasteiger partial charge in [0.25, 0.3) is 0 Å². The lowest BCUT2D eigenvalue weighted by molar-refractivity contribution is 0.164. The Morgan fingerprint density at radius 1 is 1.14 bits per heavy atom. The van der Waals surface area contributed by atoms with Gasteiger partial charge >= 0.3 is 0 Å². The number of hydrogen-bond acceptors (Lipinski definition) is 4. The van der Waals surface area contributed by atoms with Crippen molar-refractivity contribution in [1.29, 1.82) is 0 Å². The molecule has 1 unspecified atom stereocenters. The van der Waals surface area contributed by atoms with E-state index in [2.05, 4.69) is 39.7 Å². The predicted octanol–water partition coefficient (Wildman–Crippen LogP) is 2.71. The second kappa shape index (κ2) is 10.9. The second-order valence-corrected chi connectivity index (χ2v) is 7.41. The highest BCUT2D eigenvalue weighted by Crippen LogP contribution is 2.25. The first-order chi connectivity index (χ1) is 14.2. The van der Waals surface area contributed by atoms with Gasteiger partial charge < -0.3 is 15.4 Å². The highest BCUT2D eigenvalue weighted by molar-refractivity contribution is 5.79. The summed E-state index contributed by atoms with van der Waals surface area (Å²) in [6.07, 6.45) is 5.66. The summed E-state index contributed by atoms with van der Waals surface area (Å²) in [5, 5.41) is 11.1. The monoisotopic (exact) mass is 398 g/mol. The lowest BCUT2D eigenvalue weighted by atomic mass is 10.0. The van der Waals surface area contributed by atoms with Crippen molar-refractivity contribution in [2.45, 2.75) is 38.8 Å². The SMILES string of the molecule is CCNC(=NCc1ccnn1C)NCC(c1ccc(OC)cc1)N1CCCCC1. The van der Waals surface area contributed by atoms with Crippen LogP contribution in [-0.2, 0) is 13.6 Å². The number of guanidine groups is 1. The molecule has 0 spiro atoms. The highest BCUT2D eigenvalue weighted by atomic mass is 16.5. The zero-order valence-electron chi connectivity index (χ0n) is 17.9.